The van der Waals surface area contributed by atoms with E-state index in [1.807, 2.05) is 26.0 Å². The number of aryl methyl sites for hydroxylation is 3. The SMILES string of the molecule is Cc1ccc(NC(=O)COC(=O)Cc2coc3cc(C)c(C)cc23)c(F)c1. The van der Waals surface area contributed by atoms with Gasteiger partial charge in [-0.3, -0.25) is 9.59 Å². The van der Waals surface area contributed by atoms with Crippen molar-refractivity contribution in [3.05, 3.63) is 64.7 Å². The third-order valence-corrected chi connectivity index (χ3v) is 4.37. The first-order valence-electron chi connectivity index (χ1n) is 8.52. The summed E-state index contributed by atoms with van der Waals surface area (Å²) in [4.78, 5) is 23.9. The lowest BCUT2D eigenvalue weighted by Crippen LogP contribution is -2.22. The molecule has 0 saturated heterocycles. The number of amides is 1. The fraction of sp³-hybridized carbons (Fsp3) is 0.238. The first kappa shape index (κ1) is 18.6. The van der Waals surface area contributed by atoms with Gasteiger partial charge in [-0.1, -0.05) is 6.07 Å². The van der Waals surface area contributed by atoms with Gasteiger partial charge in [0.25, 0.3) is 5.91 Å². The topological polar surface area (TPSA) is 68.5 Å². The Labute approximate surface area is 156 Å². The molecule has 3 rings (SSSR count). The van der Waals surface area contributed by atoms with E-state index in [0.717, 1.165) is 22.1 Å². The number of halogens is 1. The largest absolute Gasteiger partial charge is 0.464 e. The van der Waals surface area contributed by atoms with Crippen LogP contribution in [-0.2, 0) is 20.7 Å². The molecular weight excluding hydrogens is 349 g/mol. The van der Waals surface area contributed by atoms with Gasteiger partial charge in [-0.2, -0.15) is 0 Å². The van der Waals surface area contributed by atoms with E-state index in [2.05, 4.69) is 5.32 Å². The molecule has 0 spiro atoms. The normalized spacial score (nSPS) is 10.8. The third kappa shape index (κ3) is 4.34. The Hall–Kier alpha value is -3.15. The van der Waals surface area contributed by atoms with Crippen molar-refractivity contribution in [2.45, 2.75) is 27.2 Å². The van der Waals surface area contributed by atoms with E-state index in [4.69, 9.17) is 9.15 Å². The van der Waals surface area contributed by atoms with E-state index in [0.29, 0.717) is 11.1 Å². The first-order valence-corrected chi connectivity index (χ1v) is 8.52. The highest BCUT2D eigenvalue weighted by molar-refractivity contribution is 5.93. The summed E-state index contributed by atoms with van der Waals surface area (Å²) < 4.78 is 24.2. The van der Waals surface area contributed by atoms with Crippen LogP contribution in [0.15, 0.2) is 41.0 Å². The average Bonchev–Trinajstić information content (AvgIpc) is 2.98. The molecule has 0 saturated carbocycles. The third-order valence-electron chi connectivity index (χ3n) is 4.37. The zero-order valence-electron chi connectivity index (χ0n) is 15.4. The molecule has 1 N–H and O–H groups in total. The molecule has 1 heterocycles. The predicted molar refractivity (Wildman–Crippen MR) is 100 cm³/mol. The number of carbonyl (C=O) groups is 2. The molecule has 140 valence electrons. The van der Waals surface area contributed by atoms with Crippen LogP contribution in [0.2, 0.25) is 0 Å². The van der Waals surface area contributed by atoms with Crippen LogP contribution in [-0.4, -0.2) is 18.5 Å². The van der Waals surface area contributed by atoms with Crippen LogP contribution < -0.4 is 5.32 Å². The lowest BCUT2D eigenvalue weighted by molar-refractivity contribution is -0.146. The average molecular weight is 369 g/mol. The molecule has 0 aliphatic rings. The number of fused-ring (bicyclic) bond motifs is 1. The van der Waals surface area contributed by atoms with Crippen molar-refractivity contribution >= 4 is 28.5 Å². The number of ether oxygens (including phenoxy) is 1. The Morgan fingerprint density at radius 1 is 1.11 bits per heavy atom. The summed E-state index contributed by atoms with van der Waals surface area (Å²) in [5.41, 5.74) is 4.39. The highest BCUT2D eigenvalue weighted by Crippen LogP contribution is 2.25. The predicted octanol–water partition coefficient (Wildman–Crippen LogP) is 4.22. The maximum Gasteiger partial charge on any atom is 0.310 e. The second-order valence-corrected chi connectivity index (χ2v) is 6.56. The van der Waals surface area contributed by atoms with Gasteiger partial charge in [-0.15, -0.1) is 0 Å². The monoisotopic (exact) mass is 369 g/mol. The van der Waals surface area contributed by atoms with Crippen LogP contribution >= 0.6 is 0 Å². The van der Waals surface area contributed by atoms with Crippen LogP contribution in [0.25, 0.3) is 11.0 Å². The molecule has 0 aliphatic carbocycles. The molecule has 0 fully saturated rings. The first-order chi connectivity index (χ1) is 12.8. The maximum absolute atomic E-state index is 13.7. The minimum absolute atomic E-state index is 0.0122. The van der Waals surface area contributed by atoms with Crippen molar-refractivity contribution in [1.82, 2.24) is 0 Å². The number of anilines is 1. The summed E-state index contributed by atoms with van der Waals surface area (Å²) in [6.45, 7) is 5.23. The molecular formula is C21H20FNO4. The molecule has 27 heavy (non-hydrogen) atoms. The van der Waals surface area contributed by atoms with Gasteiger partial charge in [-0.05, 0) is 61.7 Å². The lowest BCUT2D eigenvalue weighted by atomic mass is 10.0. The van der Waals surface area contributed by atoms with E-state index in [9.17, 15) is 14.0 Å². The lowest BCUT2D eigenvalue weighted by Gasteiger charge is -2.08. The molecule has 0 atom stereocenters. The number of esters is 1. The summed E-state index contributed by atoms with van der Waals surface area (Å²) in [7, 11) is 0. The summed E-state index contributed by atoms with van der Waals surface area (Å²) >= 11 is 0. The Bertz CT molecular complexity index is 1020. The van der Waals surface area contributed by atoms with Gasteiger partial charge in [0.1, 0.15) is 11.4 Å². The summed E-state index contributed by atoms with van der Waals surface area (Å²) in [6.07, 6.45) is 1.51. The standard InChI is InChI=1S/C21H20FNO4/c1-12-4-5-18(17(22)6-12)23-20(24)11-27-21(25)9-15-10-26-19-8-14(3)13(2)7-16(15)19/h4-8,10H,9,11H2,1-3H3,(H,23,24). The smallest absolute Gasteiger partial charge is 0.310 e. The quantitative estimate of drug-likeness (QED) is 0.684. The highest BCUT2D eigenvalue weighted by Gasteiger charge is 2.14. The van der Waals surface area contributed by atoms with Gasteiger partial charge < -0.3 is 14.5 Å². The Morgan fingerprint density at radius 3 is 2.59 bits per heavy atom. The van der Waals surface area contributed by atoms with Gasteiger partial charge >= 0.3 is 5.97 Å². The minimum atomic E-state index is -0.602. The molecule has 6 heteroatoms. The van der Waals surface area contributed by atoms with Crippen molar-refractivity contribution in [1.29, 1.82) is 0 Å². The number of furan rings is 1. The molecule has 0 radical (unpaired) electrons. The van der Waals surface area contributed by atoms with Crippen molar-refractivity contribution in [3.63, 3.8) is 0 Å². The van der Waals surface area contributed by atoms with E-state index < -0.39 is 24.3 Å². The Balaban J connectivity index is 1.58. The molecule has 0 aliphatic heterocycles. The zero-order valence-corrected chi connectivity index (χ0v) is 15.4. The number of nitrogens with one attached hydrogen (secondary N) is 1. The number of benzene rings is 2. The fourth-order valence-corrected chi connectivity index (χ4v) is 2.73. The number of carbonyl (C=O) groups excluding carboxylic acids is 2. The second-order valence-electron chi connectivity index (χ2n) is 6.56. The summed E-state index contributed by atoms with van der Waals surface area (Å²) in [5, 5.41) is 3.23. The number of rotatable bonds is 5. The van der Waals surface area contributed by atoms with E-state index in [1.165, 1.54) is 18.4 Å². The van der Waals surface area contributed by atoms with E-state index in [1.54, 1.807) is 13.0 Å². The van der Waals surface area contributed by atoms with Crippen molar-refractivity contribution in [2.75, 3.05) is 11.9 Å². The van der Waals surface area contributed by atoms with Crippen molar-refractivity contribution in [2.24, 2.45) is 0 Å². The molecule has 1 amide bonds. The van der Waals surface area contributed by atoms with Crippen LogP contribution in [0.1, 0.15) is 22.3 Å². The molecule has 2 aromatic carbocycles. The van der Waals surface area contributed by atoms with Crippen LogP contribution in [0.4, 0.5) is 10.1 Å². The zero-order chi connectivity index (χ0) is 19.6. The van der Waals surface area contributed by atoms with Gasteiger partial charge in [-0.25, -0.2) is 4.39 Å². The number of hydrogen-bond donors (Lipinski definition) is 1. The molecule has 0 unspecified atom stereocenters. The Kier molecular flexibility index (Phi) is 5.26. The highest BCUT2D eigenvalue weighted by atomic mass is 19.1. The van der Waals surface area contributed by atoms with Crippen molar-refractivity contribution < 1.29 is 23.1 Å². The second kappa shape index (κ2) is 7.61. The molecule has 3 aromatic rings. The molecule has 0 bridgehead atoms. The van der Waals surface area contributed by atoms with Crippen LogP contribution in [0, 0.1) is 26.6 Å². The maximum atomic E-state index is 13.7. The van der Waals surface area contributed by atoms with Gasteiger partial charge in [0.2, 0.25) is 0 Å². The van der Waals surface area contributed by atoms with Crippen molar-refractivity contribution in [3.8, 4) is 0 Å². The fourth-order valence-electron chi connectivity index (χ4n) is 2.73. The Morgan fingerprint density at radius 2 is 1.85 bits per heavy atom. The van der Waals surface area contributed by atoms with E-state index in [-0.39, 0.29) is 12.1 Å². The van der Waals surface area contributed by atoms with Gasteiger partial charge in [0.05, 0.1) is 18.4 Å². The van der Waals surface area contributed by atoms with E-state index >= 15 is 0 Å². The van der Waals surface area contributed by atoms with Gasteiger partial charge in [0.15, 0.2) is 6.61 Å². The molecule has 5 nitrogen and oxygen atoms in total. The summed E-state index contributed by atoms with van der Waals surface area (Å²) in [6, 6.07) is 8.34. The van der Waals surface area contributed by atoms with Gasteiger partial charge in [0, 0.05) is 10.9 Å². The number of hydrogen-bond acceptors (Lipinski definition) is 4. The van der Waals surface area contributed by atoms with Crippen LogP contribution in [0.5, 0.6) is 0 Å². The minimum Gasteiger partial charge on any atom is -0.464 e. The molecule has 1 aromatic heterocycles. The van der Waals surface area contributed by atoms with Crippen LogP contribution in [0.3, 0.4) is 0 Å². The summed E-state index contributed by atoms with van der Waals surface area (Å²) in [5.74, 6) is -1.70.